The molecule has 0 aromatic heterocycles. The monoisotopic (exact) mass is 294 g/mol. The number of carbonyl (C=O) groups excluding carboxylic acids is 1. The number of benzene rings is 1. The van der Waals surface area contributed by atoms with Crippen LogP contribution in [0.3, 0.4) is 0 Å². The van der Waals surface area contributed by atoms with Gasteiger partial charge in [0, 0.05) is 17.7 Å². The van der Waals surface area contributed by atoms with Crippen LogP contribution in [0.4, 0.5) is 0 Å². The van der Waals surface area contributed by atoms with E-state index in [1.807, 2.05) is 19.1 Å². The maximum absolute atomic E-state index is 11.4. The van der Waals surface area contributed by atoms with E-state index in [4.69, 9.17) is 14.2 Å². The fraction of sp³-hybridized carbons (Fsp3) is 0.588. The maximum Gasteiger partial charge on any atom is 0.159 e. The molecule has 0 spiro atoms. The number of ketones is 1. The zero-order valence-electron chi connectivity index (χ0n) is 13.5. The molecule has 0 saturated carbocycles. The van der Waals surface area contributed by atoms with Gasteiger partial charge in [-0.25, -0.2) is 0 Å². The Labute approximate surface area is 127 Å². The van der Waals surface area contributed by atoms with Gasteiger partial charge in [-0.2, -0.15) is 0 Å². The van der Waals surface area contributed by atoms with Crippen molar-refractivity contribution >= 4 is 5.78 Å². The normalized spacial score (nSPS) is 10.9. The molecule has 0 atom stereocenters. The van der Waals surface area contributed by atoms with Crippen molar-refractivity contribution < 1.29 is 19.0 Å². The van der Waals surface area contributed by atoms with E-state index in [-0.39, 0.29) is 5.78 Å². The highest BCUT2D eigenvalue weighted by Gasteiger charge is 2.08. The fourth-order valence-electron chi connectivity index (χ4n) is 1.83. The van der Waals surface area contributed by atoms with Crippen LogP contribution in [0, 0.1) is 5.92 Å². The molecule has 0 bridgehead atoms. The molecule has 0 heterocycles. The minimum Gasteiger partial charge on any atom is -0.494 e. The lowest BCUT2D eigenvalue weighted by Crippen LogP contribution is -2.09. The fourth-order valence-corrected chi connectivity index (χ4v) is 1.83. The third-order valence-electron chi connectivity index (χ3n) is 2.85. The molecule has 0 unspecified atom stereocenters. The van der Waals surface area contributed by atoms with E-state index < -0.39 is 0 Å². The van der Waals surface area contributed by atoms with E-state index in [9.17, 15) is 4.79 Å². The van der Waals surface area contributed by atoms with Crippen molar-refractivity contribution in [3.05, 3.63) is 29.3 Å². The van der Waals surface area contributed by atoms with Crippen LogP contribution < -0.4 is 4.74 Å². The average Bonchev–Trinajstić information content (AvgIpc) is 2.43. The Morgan fingerprint density at radius 2 is 1.90 bits per heavy atom. The van der Waals surface area contributed by atoms with Crippen molar-refractivity contribution in [2.75, 3.05) is 26.4 Å². The highest BCUT2D eigenvalue weighted by atomic mass is 16.5. The van der Waals surface area contributed by atoms with Crippen molar-refractivity contribution in [1.82, 2.24) is 0 Å². The van der Waals surface area contributed by atoms with Gasteiger partial charge >= 0.3 is 0 Å². The highest BCUT2D eigenvalue weighted by Crippen LogP contribution is 2.21. The Morgan fingerprint density at radius 1 is 1.19 bits per heavy atom. The number of ether oxygens (including phenoxy) is 3. The first kappa shape index (κ1) is 17.7. The number of rotatable bonds is 10. The van der Waals surface area contributed by atoms with Crippen molar-refractivity contribution in [1.29, 1.82) is 0 Å². The average molecular weight is 294 g/mol. The zero-order valence-corrected chi connectivity index (χ0v) is 13.5. The molecule has 1 rings (SSSR count). The van der Waals surface area contributed by atoms with Crippen LogP contribution in [0.25, 0.3) is 0 Å². The molecule has 0 aliphatic carbocycles. The van der Waals surface area contributed by atoms with E-state index in [1.54, 1.807) is 13.0 Å². The molecule has 21 heavy (non-hydrogen) atoms. The van der Waals surface area contributed by atoms with Gasteiger partial charge in [0.2, 0.25) is 0 Å². The summed E-state index contributed by atoms with van der Waals surface area (Å²) in [4.78, 5) is 11.4. The van der Waals surface area contributed by atoms with Crippen molar-refractivity contribution in [3.8, 4) is 5.75 Å². The third-order valence-corrected chi connectivity index (χ3v) is 2.85. The SMILES string of the molecule is CCOc1ccc(C(C)=O)cc1COCCOCC(C)C. The van der Waals surface area contributed by atoms with E-state index in [2.05, 4.69) is 13.8 Å². The molecule has 1 aromatic rings. The lowest BCUT2D eigenvalue weighted by Gasteiger charge is -2.12. The van der Waals surface area contributed by atoms with Crippen LogP contribution in [-0.2, 0) is 16.1 Å². The molecule has 0 aliphatic rings. The van der Waals surface area contributed by atoms with Crippen molar-refractivity contribution in [3.63, 3.8) is 0 Å². The molecule has 4 nitrogen and oxygen atoms in total. The van der Waals surface area contributed by atoms with Crippen LogP contribution in [0.2, 0.25) is 0 Å². The summed E-state index contributed by atoms with van der Waals surface area (Å²) in [5.41, 5.74) is 1.57. The molecule has 0 aliphatic heterocycles. The van der Waals surface area contributed by atoms with Gasteiger partial charge in [0.05, 0.1) is 26.4 Å². The molecule has 4 heteroatoms. The largest absolute Gasteiger partial charge is 0.494 e. The second-order valence-electron chi connectivity index (χ2n) is 5.33. The lowest BCUT2D eigenvalue weighted by molar-refractivity contribution is 0.0308. The van der Waals surface area contributed by atoms with Gasteiger partial charge < -0.3 is 14.2 Å². The molecule has 0 amide bonds. The highest BCUT2D eigenvalue weighted by molar-refractivity contribution is 5.94. The minimum atomic E-state index is 0.0413. The van der Waals surface area contributed by atoms with Gasteiger partial charge in [0.25, 0.3) is 0 Å². The summed E-state index contributed by atoms with van der Waals surface area (Å²) in [6.45, 7) is 10.6. The standard InChI is InChI=1S/C17H26O4/c1-5-21-17-7-6-15(14(4)18)10-16(17)12-20-9-8-19-11-13(2)3/h6-7,10,13H,5,8-9,11-12H2,1-4H3. The zero-order chi connectivity index (χ0) is 15.7. The Hall–Kier alpha value is -1.39. The molecule has 0 radical (unpaired) electrons. The summed E-state index contributed by atoms with van der Waals surface area (Å²) < 4.78 is 16.6. The molecule has 0 fully saturated rings. The quantitative estimate of drug-likeness (QED) is 0.489. The van der Waals surface area contributed by atoms with Crippen LogP contribution >= 0.6 is 0 Å². The Kier molecular flexibility index (Phi) is 8.01. The third kappa shape index (κ3) is 6.74. The van der Waals surface area contributed by atoms with Gasteiger partial charge in [-0.3, -0.25) is 4.79 Å². The first-order valence-electron chi connectivity index (χ1n) is 7.46. The summed E-state index contributed by atoms with van der Waals surface area (Å²) >= 11 is 0. The number of hydrogen-bond donors (Lipinski definition) is 0. The second kappa shape index (κ2) is 9.53. The maximum atomic E-state index is 11.4. The summed E-state index contributed by atoms with van der Waals surface area (Å²) in [6.07, 6.45) is 0. The van der Waals surface area contributed by atoms with E-state index >= 15 is 0 Å². The summed E-state index contributed by atoms with van der Waals surface area (Å²) in [5, 5.41) is 0. The minimum absolute atomic E-state index is 0.0413. The van der Waals surface area contributed by atoms with Crippen LogP contribution in [0.1, 0.15) is 43.6 Å². The summed E-state index contributed by atoms with van der Waals surface area (Å²) in [7, 11) is 0. The molecule has 118 valence electrons. The molecular weight excluding hydrogens is 268 g/mol. The Bertz CT molecular complexity index is 440. The first-order chi connectivity index (χ1) is 10.0. The van der Waals surface area contributed by atoms with Gasteiger partial charge in [-0.15, -0.1) is 0 Å². The van der Waals surface area contributed by atoms with Crippen molar-refractivity contribution in [2.45, 2.75) is 34.3 Å². The molecule has 0 saturated heterocycles. The Morgan fingerprint density at radius 3 is 2.52 bits per heavy atom. The molecule has 0 N–H and O–H groups in total. The first-order valence-corrected chi connectivity index (χ1v) is 7.46. The predicted octanol–water partition coefficient (Wildman–Crippen LogP) is 3.48. The number of carbonyl (C=O) groups is 1. The van der Waals surface area contributed by atoms with Crippen LogP contribution in [0.15, 0.2) is 18.2 Å². The molecule has 1 aromatic carbocycles. The number of hydrogen-bond acceptors (Lipinski definition) is 4. The summed E-state index contributed by atoms with van der Waals surface area (Å²) in [6, 6.07) is 5.44. The Balaban J connectivity index is 2.51. The smallest absolute Gasteiger partial charge is 0.159 e. The topological polar surface area (TPSA) is 44.8 Å². The van der Waals surface area contributed by atoms with Crippen LogP contribution in [-0.4, -0.2) is 32.2 Å². The summed E-state index contributed by atoms with van der Waals surface area (Å²) in [5.74, 6) is 1.34. The lowest BCUT2D eigenvalue weighted by atomic mass is 10.1. The van der Waals surface area contributed by atoms with Crippen molar-refractivity contribution in [2.24, 2.45) is 5.92 Å². The van der Waals surface area contributed by atoms with Gasteiger partial charge in [0.15, 0.2) is 5.78 Å². The number of Topliss-reactive ketones (excluding diaryl/α,β-unsaturated/α-hetero) is 1. The van der Waals surface area contributed by atoms with Crippen LogP contribution in [0.5, 0.6) is 5.75 Å². The van der Waals surface area contributed by atoms with E-state index in [1.165, 1.54) is 0 Å². The van der Waals surface area contributed by atoms with E-state index in [0.29, 0.717) is 37.9 Å². The van der Waals surface area contributed by atoms with Gasteiger partial charge in [-0.1, -0.05) is 13.8 Å². The van der Waals surface area contributed by atoms with Gasteiger partial charge in [-0.05, 0) is 38.0 Å². The van der Waals surface area contributed by atoms with Gasteiger partial charge in [0.1, 0.15) is 5.75 Å². The predicted molar refractivity (Wildman–Crippen MR) is 82.9 cm³/mol. The van der Waals surface area contributed by atoms with E-state index in [0.717, 1.165) is 17.9 Å². The second-order valence-corrected chi connectivity index (χ2v) is 5.33. The molecular formula is C17H26O4.